The number of fused-ring (bicyclic) bond motifs is 2. The zero-order chi connectivity index (χ0) is 12.9. The molecule has 0 aliphatic carbocycles. The van der Waals surface area contributed by atoms with Gasteiger partial charge < -0.3 is 0 Å². The van der Waals surface area contributed by atoms with Gasteiger partial charge in [-0.25, -0.2) is 0 Å². The molecule has 0 unspecified atom stereocenters. The number of hydrogen-bond donors (Lipinski definition) is 0. The average Bonchev–Trinajstić information content (AvgIpc) is 2.96. The van der Waals surface area contributed by atoms with Crippen LogP contribution in [-0.4, -0.2) is 5.75 Å². The third-order valence-corrected chi connectivity index (χ3v) is 7.74. The first kappa shape index (κ1) is 13.8. The molecule has 0 amide bonds. The lowest BCUT2D eigenvalue weighted by Crippen LogP contribution is -1.93. The molecule has 0 nitrogen and oxygen atoms in total. The van der Waals surface area contributed by atoms with Crippen molar-refractivity contribution in [3.63, 3.8) is 0 Å². The maximum Gasteiger partial charge on any atom is 0.0303 e. The van der Waals surface area contributed by atoms with Gasteiger partial charge in [0.25, 0.3) is 0 Å². The highest BCUT2D eigenvalue weighted by Crippen LogP contribution is 2.43. The highest BCUT2D eigenvalue weighted by molar-refractivity contribution is 8.77. The maximum atomic E-state index is 2.22. The summed E-state index contributed by atoms with van der Waals surface area (Å²) in [6.07, 6.45) is 1.24. The highest BCUT2D eigenvalue weighted by Gasteiger charge is 2.09. The van der Waals surface area contributed by atoms with Crippen LogP contribution in [0.15, 0.2) is 58.3 Å². The third kappa shape index (κ3) is 3.69. The Labute approximate surface area is 130 Å². The number of aryl methyl sites for hydroxylation is 1. The second kappa shape index (κ2) is 7.02. The normalized spacial score (nSPS) is 16.0. The summed E-state index contributed by atoms with van der Waals surface area (Å²) in [6.45, 7) is 0. The molecule has 0 saturated heterocycles. The Morgan fingerprint density at radius 1 is 0.684 bits per heavy atom. The summed E-state index contributed by atoms with van der Waals surface area (Å²) in [5.74, 6) is 2.45. The van der Waals surface area contributed by atoms with Crippen LogP contribution in [0, 0.1) is 0 Å². The van der Waals surface area contributed by atoms with Crippen molar-refractivity contribution in [3.8, 4) is 0 Å². The predicted octanol–water partition coefficient (Wildman–Crippen LogP) is 5.92. The fourth-order valence-electron chi connectivity index (χ4n) is 1.91. The van der Waals surface area contributed by atoms with E-state index in [1.165, 1.54) is 38.8 Å². The molecule has 0 aromatic heterocycles. The van der Waals surface area contributed by atoms with E-state index in [2.05, 4.69) is 48.5 Å². The van der Waals surface area contributed by atoms with Crippen molar-refractivity contribution in [2.75, 3.05) is 5.75 Å². The van der Waals surface area contributed by atoms with Crippen LogP contribution in [0.25, 0.3) is 0 Å². The van der Waals surface area contributed by atoms with E-state index in [-0.39, 0.29) is 0 Å². The summed E-state index contributed by atoms with van der Waals surface area (Å²) < 4.78 is 0. The molecule has 4 rings (SSSR count). The minimum atomic E-state index is 1.18. The van der Waals surface area contributed by atoms with Gasteiger partial charge in [-0.15, -0.1) is 0 Å². The summed E-state index contributed by atoms with van der Waals surface area (Å²) in [6, 6.07) is 17.2. The molecule has 0 N–H and O–H groups in total. The molecule has 2 aromatic carbocycles. The van der Waals surface area contributed by atoms with Gasteiger partial charge in [0, 0.05) is 21.3 Å². The summed E-state index contributed by atoms with van der Waals surface area (Å²) in [5.41, 5.74) is 3.01. The van der Waals surface area contributed by atoms with E-state index in [9.17, 15) is 0 Å². The molecular weight excluding hydrogens is 308 g/mol. The Hall–Kier alpha value is -0.160. The molecule has 2 aliphatic heterocycles. The van der Waals surface area contributed by atoms with Gasteiger partial charge in [0.1, 0.15) is 0 Å². The first-order chi connectivity index (χ1) is 9.43. The van der Waals surface area contributed by atoms with Crippen molar-refractivity contribution >= 4 is 43.2 Å². The lowest BCUT2D eigenvalue weighted by molar-refractivity contribution is 1.09. The van der Waals surface area contributed by atoms with Crippen molar-refractivity contribution in [2.24, 2.45) is 0 Å². The van der Waals surface area contributed by atoms with Gasteiger partial charge in [-0.1, -0.05) is 79.6 Å². The van der Waals surface area contributed by atoms with E-state index in [1.807, 2.05) is 43.2 Å². The fraction of sp³-hybridized carbons (Fsp3) is 0.200. The molecule has 0 atom stereocenters. The van der Waals surface area contributed by atoms with E-state index in [4.69, 9.17) is 0 Å². The van der Waals surface area contributed by atoms with E-state index in [1.54, 1.807) is 0 Å². The summed E-state index contributed by atoms with van der Waals surface area (Å²) in [4.78, 5) is 2.90. The minimum absolute atomic E-state index is 1.18. The van der Waals surface area contributed by atoms with Crippen LogP contribution >= 0.6 is 43.2 Å². The average molecular weight is 323 g/mol. The van der Waals surface area contributed by atoms with Crippen LogP contribution in [0.1, 0.15) is 11.1 Å². The molecule has 0 spiro atoms. The van der Waals surface area contributed by atoms with Crippen LogP contribution in [0.3, 0.4) is 0 Å². The van der Waals surface area contributed by atoms with Gasteiger partial charge >= 0.3 is 0 Å². The molecule has 0 radical (unpaired) electrons. The minimum Gasteiger partial charge on any atom is -0.0886 e. The van der Waals surface area contributed by atoms with Gasteiger partial charge in [-0.05, 0) is 29.7 Å². The van der Waals surface area contributed by atoms with Gasteiger partial charge in [0.15, 0.2) is 0 Å². The second-order valence-electron chi connectivity index (χ2n) is 4.22. The zero-order valence-electron chi connectivity index (χ0n) is 10.4. The van der Waals surface area contributed by atoms with Crippen molar-refractivity contribution in [1.29, 1.82) is 0 Å². The molecule has 98 valence electrons. The maximum absolute atomic E-state index is 2.22. The van der Waals surface area contributed by atoms with E-state index < -0.39 is 0 Å². The van der Waals surface area contributed by atoms with E-state index >= 15 is 0 Å². The van der Waals surface area contributed by atoms with Crippen LogP contribution < -0.4 is 0 Å². The lowest BCUT2D eigenvalue weighted by Gasteiger charge is -2.12. The second-order valence-corrected chi connectivity index (χ2v) is 9.01. The Morgan fingerprint density at radius 3 is 2.05 bits per heavy atom. The first-order valence-corrected chi connectivity index (χ1v) is 10.8. The molecule has 0 saturated carbocycles. The van der Waals surface area contributed by atoms with Gasteiger partial charge in [0.05, 0.1) is 0 Å². The Kier molecular flexibility index (Phi) is 5.10. The molecule has 0 bridgehead atoms. The highest BCUT2D eigenvalue weighted by atomic mass is 33.1. The molecule has 2 heterocycles. The van der Waals surface area contributed by atoms with Gasteiger partial charge in [-0.2, -0.15) is 0 Å². The zero-order valence-corrected chi connectivity index (χ0v) is 13.6. The number of benzene rings is 2. The summed E-state index contributed by atoms with van der Waals surface area (Å²) in [5, 5.41) is 0. The Balaban J connectivity index is 0.000000117. The molecule has 19 heavy (non-hydrogen) atoms. The standard InChI is InChI=1S/C8H8S2.C7H6S2/c1-2-4-8-7(3-1)5-6-9-10-8;1-2-4-7-6(3-1)5-8-9-7/h1-4H,5-6H2;1-4H,5H2. The van der Waals surface area contributed by atoms with E-state index in [0.29, 0.717) is 0 Å². The van der Waals surface area contributed by atoms with Crippen LogP contribution in [0.2, 0.25) is 0 Å². The van der Waals surface area contributed by atoms with Gasteiger partial charge in [-0.3, -0.25) is 0 Å². The summed E-state index contributed by atoms with van der Waals surface area (Å²) >= 11 is 0. The summed E-state index contributed by atoms with van der Waals surface area (Å²) in [7, 11) is 7.66. The SMILES string of the molecule is c1ccc2c(c1)CCSS2.c1ccc2c(c1)CSS2. The van der Waals surface area contributed by atoms with Crippen molar-refractivity contribution in [1.82, 2.24) is 0 Å². The van der Waals surface area contributed by atoms with Crippen LogP contribution in [-0.2, 0) is 12.2 Å². The number of hydrogen-bond acceptors (Lipinski definition) is 4. The van der Waals surface area contributed by atoms with Crippen LogP contribution in [0.5, 0.6) is 0 Å². The van der Waals surface area contributed by atoms with Crippen molar-refractivity contribution in [3.05, 3.63) is 59.7 Å². The van der Waals surface area contributed by atoms with E-state index in [0.717, 1.165) is 0 Å². The van der Waals surface area contributed by atoms with Crippen molar-refractivity contribution < 1.29 is 0 Å². The van der Waals surface area contributed by atoms with Crippen LogP contribution in [0.4, 0.5) is 0 Å². The topological polar surface area (TPSA) is 0 Å². The quantitative estimate of drug-likeness (QED) is 0.551. The smallest absolute Gasteiger partial charge is 0.0303 e. The molecule has 0 fully saturated rings. The fourth-order valence-corrected chi connectivity index (χ4v) is 6.67. The molecule has 2 aliphatic rings. The molecule has 2 aromatic rings. The lowest BCUT2D eigenvalue weighted by atomic mass is 10.2. The Bertz CT molecular complexity index is 505. The monoisotopic (exact) mass is 322 g/mol. The number of rotatable bonds is 0. The molecular formula is C15H14S4. The van der Waals surface area contributed by atoms with Crippen molar-refractivity contribution in [2.45, 2.75) is 22.0 Å². The largest absolute Gasteiger partial charge is 0.0886 e. The first-order valence-electron chi connectivity index (χ1n) is 6.18. The third-order valence-electron chi connectivity index (χ3n) is 2.91. The Morgan fingerprint density at radius 2 is 1.32 bits per heavy atom. The molecule has 4 heteroatoms. The van der Waals surface area contributed by atoms with Gasteiger partial charge in [0.2, 0.25) is 0 Å². The predicted molar refractivity (Wildman–Crippen MR) is 92.1 cm³/mol.